The summed E-state index contributed by atoms with van der Waals surface area (Å²) in [5, 5.41) is 11.7. The third-order valence-corrected chi connectivity index (χ3v) is 4.37. The number of aromatic nitrogens is 1. The standard InChI is InChI=1S/C21H27N7S/c1-15(16(2)25-27-21(29)22-3)24-26-20-13-10-18(14-23-20)7-6-17-8-11-19(12-9-17)28(4)5/h6-14H,1-5H3,(H,23,26)(H2,22,27,29)/b7-6+,24-15+,25-16+. The van der Waals surface area contributed by atoms with Crippen LogP contribution >= 0.6 is 12.2 Å². The molecule has 0 bridgehead atoms. The van der Waals surface area contributed by atoms with Crippen LogP contribution < -0.4 is 21.1 Å². The van der Waals surface area contributed by atoms with Gasteiger partial charge in [0.2, 0.25) is 0 Å². The SMILES string of the molecule is CNC(=S)N/N=C(C)/C(C)=N/Nc1ccc(/C=C/c2ccc(N(C)C)cc2)cn1. The zero-order valence-corrected chi connectivity index (χ0v) is 18.2. The van der Waals surface area contributed by atoms with Gasteiger partial charge < -0.3 is 10.2 Å². The largest absolute Gasteiger partial charge is 0.378 e. The fourth-order valence-corrected chi connectivity index (χ4v) is 2.19. The van der Waals surface area contributed by atoms with Crippen LogP contribution in [0.2, 0.25) is 0 Å². The van der Waals surface area contributed by atoms with Gasteiger partial charge in [-0.15, -0.1) is 0 Å². The number of hydrogen-bond donors (Lipinski definition) is 3. The molecule has 8 heteroatoms. The van der Waals surface area contributed by atoms with E-state index >= 15 is 0 Å². The lowest BCUT2D eigenvalue weighted by molar-refractivity contribution is 0.976. The van der Waals surface area contributed by atoms with Crippen LogP contribution in [-0.4, -0.2) is 42.7 Å². The first-order chi connectivity index (χ1) is 13.9. The molecule has 0 aliphatic heterocycles. The van der Waals surface area contributed by atoms with Crippen LogP contribution in [0.3, 0.4) is 0 Å². The van der Waals surface area contributed by atoms with Crippen molar-refractivity contribution in [3.63, 3.8) is 0 Å². The molecule has 2 aromatic rings. The van der Waals surface area contributed by atoms with Crippen LogP contribution in [0.5, 0.6) is 0 Å². The van der Waals surface area contributed by atoms with Crippen molar-refractivity contribution in [1.82, 2.24) is 15.7 Å². The molecular formula is C21H27N7S. The number of thiocarbonyl (C=S) groups is 1. The van der Waals surface area contributed by atoms with Gasteiger partial charge in [-0.05, 0) is 61.5 Å². The number of nitrogens with zero attached hydrogens (tertiary/aromatic N) is 4. The molecular weight excluding hydrogens is 382 g/mol. The molecule has 0 spiro atoms. The van der Waals surface area contributed by atoms with Crippen LogP contribution in [0.4, 0.5) is 11.5 Å². The first-order valence-electron chi connectivity index (χ1n) is 9.13. The maximum atomic E-state index is 4.98. The molecule has 0 saturated carbocycles. The van der Waals surface area contributed by atoms with Crippen molar-refractivity contribution >= 4 is 52.4 Å². The Bertz CT molecular complexity index is 898. The van der Waals surface area contributed by atoms with E-state index in [0.29, 0.717) is 10.9 Å². The van der Waals surface area contributed by atoms with Crippen molar-refractivity contribution < 1.29 is 0 Å². The molecule has 1 aromatic carbocycles. The number of anilines is 2. The smallest absolute Gasteiger partial charge is 0.186 e. The summed E-state index contributed by atoms with van der Waals surface area (Å²) in [6.45, 7) is 3.70. The molecule has 0 radical (unpaired) electrons. The first-order valence-corrected chi connectivity index (χ1v) is 9.54. The highest BCUT2D eigenvalue weighted by molar-refractivity contribution is 7.80. The summed E-state index contributed by atoms with van der Waals surface area (Å²) in [5.41, 5.74) is 10.4. The van der Waals surface area contributed by atoms with Crippen molar-refractivity contribution in [2.75, 3.05) is 31.5 Å². The van der Waals surface area contributed by atoms with Gasteiger partial charge in [0.25, 0.3) is 0 Å². The Morgan fingerprint density at radius 1 is 0.966 bits per heavy atom. The minimum absolute atomic E-state index is 0.448. The van der Waals surface area contributed by atoms with Crippen LogP contribution in [0.1, 0.15) is 25.0 Å². The van der Waals surface area contributed by atoms with Crippen LogP contribution in [0.15, 0.2) is 52.8 Å². The molecule has 29 heavy (non-hydrogen) atoms. The third kappa shape index (κ3) is 7.34. The Balaban J connectivity index is 1.95. The normalized spacial score (nSPS) is 12.0. The number of benzene rings is 1. The summed E-state index contributed by atoms with van der Waals surface area (Å²) in [6, 6.07) is 12.2. The average molecular weight is 410 g/mol. The number of hydrogen-bond acceptors (Lipinski definition) is 6. The van der Waals surface area contributed by atoms with E-state index in [1.165, 1.54) is 5.69 Å². The predicted octanol–water partition coefficient (Wildman–Crippen LogP) is 3.58. The maximum absolute atomic E-state index is 4.98. The van der Waals surface area contributed by atoms with Gasteiger partial charge in [0, 0.05) is 33.0 Å². The Morgan fingerprint density at radius 3 is 2.17 bits per heavy atom. The quantitative estimate of drug-likeness (QED) is 0.369. The van der Waals surface area contributed by atoms with Crippen molar-refractivity contribution in [2.45, 2.75) is 13.8 Å². The zero-order chi connectivity index (χ0) is 21.2. The molecule has 0 amide bonds. The summed E-state index contributed by atoms with van der Waals surface area (Å²) in [4.78, 5) is 6.46. The second-order valence-corrected chi connectivity index (χ2v) is 6.90. The van der Waals surface area contributed by atoms with Crippen LogP contribution in [-0.2, 0) is 0 Å². The minimum atomic E-state index is 0.448. The lowest BCUT2D eigenvalue weighted by atomic mass is 10.1. The lowest BCUT2D eigenvalue weighted by Crippen LogP contribution is -2.30. The average Bonchev–Trinajstić information content (AvgIpc) is 2.74. The molecule has 2 rings (SSSR count). The van der Waals surface area contributed by atoms with Gasteiger partial charge in [0.15, 0.2) is 5.11 Å². The molecule has 3 N–H and O–H groups in total. The topological polar surface area (TPSA) is 76.9 Å². The summed E-state index contributed by atoms with van der Waals surface area (Å²) in [5.74, 6) is 0.656. The second-order valence-electron chi connectivity index (χ2n) is 6.49. The predicted molar refractivity (Wildman–Crippen MR) is 129 cm³/mol. The van der Waals surface area contributed by atoms with E-state index in [0.717, 1.165) is 22.6 Å². The van der Waals surface area contributed by atoms with Crippen LogP contribution in [0, 0.1) is 0 Å². The van der Waals surface area contributed by atoms with E-state index in [1.54, 1.807) is 13.2 Å². The summed E-state index contributed by atoms with van der Waals surface area (Å²) in [6.07, 6.45) is 5.89. The van der Waals surface area contributed by atoms with Crippen LogP contribution in [0.25, 0.3) is 12.2 Å². The molecule has 0 atom stereocenters. The second kappa shape index (κ2) is 10.9. The zero-order valence-electron chi connectivity index (χ0n) is 17.4. The number of hydrazone groups is 2. The van der Waals surface area contributed by atoms with Crippen molar-refractivity contribution in [2.24, 2.45) is 10.2 Å². The fourth-order valence-electron chi connectivity index (χ4n) is 2.14. The van der Waals surface area contributed by atoms with E-state index in [1.807, 2.05) is 46.2 Å². The minimum Gasteiger partial charge on any atom is -0.378 e. The van der Waals surface area contributed by atoms with E-state index in [-0.39, 0.29) is 0 Å². The van der Waals surface area contributed by atoms with Crippen molar-refractivity contribution in [1.29, 1.82) is 0 Å². The van der Waals surface area contributed by atoms with Gasteiger partial charge >= 0.3 is 0 Å². The number of pyridine rings is 1. The van der Waals surface area contributed by atoms with Gasteiger partial charge in [-0.1, -0.05) is 24.3 Å². The van der Waals surface area contributed by atoms with E-state index in [4.69, 9.17) is 12.2 Å². The molecule has 0 aliphatic carbocycles. The highest BCUT2D eigenvalue weighted by atomic mass is 32.1. The Kier molecular flexibility index (Phi) is 8.29. The van der Waals surface area contributed by atoms with Gasteiger partial charge in [0.1, 0.15) is 5.82 Å². The van der Waals surface area contributed by atoms with E-state index in [2.05, 4.69) is 66.6 Å². The Hall–Kier alpha value is -3.26. The molecule has 152 valence electrons. The van der Waals surface area contributed by atoms with Crippen molar-refractivity contribution in [3.8, 4) is 0 Å². The molecule has 1 aromatic heterocycles. The van der Waals surface area contributed by atoms with E-state index in [9.17, 15) is 0 Å². The van der Waals surface area contributed by atoms with Crippen molar-refractivity contribution in [3.05, 3.63) is 53.7 Å². The Morgan fingerprint density at radius 2 is 1.59 bits per heavy atom. The third-order valence-electron chi connectivity index (χ3n) is 4.08. The number of nitrogens with one attached hydrogen (secondary N) is 3. The number of rotatable bonds is 7. The van der Waals surface area contributed by atoms with Gasteiger partial charge in [-0.3, -0.25) is 10.9 Å². The monoisotopic (exact) mass is 409 g/mol. The highest BCUT2D eigenvalue weighted by Crippen LogP contribution is 2.15. The van der Waals surface area contributed by atoms with Gasteiger partial charge in [0.05, 0.1) is 11.4 Å². The molecule has 0 fully saturated rings. The van der Waals surface area contributed by atoms with Gasteiger partial charge in [-0.25, -0.2) is 4.98 Å². The Labute approximate surface area is 177 Å². The molecule has 7 nitrogen and oxygen atoms in total. The molecule has 0 aliphatic rings. The summed E-state index contributed by atoms with van der Waals surface area (Å²) < 4.78 is 0. The molecule has 0 unspecified atom stereocenters. The first kappa shape index (κ1) is 22.0. The highest BCUT2D eigenvalue weighted by Gasteiger charge is 1.99. The summed E-state index contributed by atoms with van der Waals surface area (Å²) >= 11 is 4.98. The molecule has 0 saturated heterocycles. The lowest BCUT2D eigenvalue weighted by Gasteiger charge is -2.11. The fraction of sp³-hybridized carbons (Fsp3) is 0.238. The van der Waals surface area contributed by atoms with E-state index < -0.39 is 0 Å². The van der Waals surface area contributed by atoms with Gasteiger partial charge in [-0.2, -0.15) is 10.2 Å². The summed E-state index contributed by atoms with van der Waals surface area (Å²) in [7, 11) is 5.79. The molecule has 1 heterocycles. The maximum Gasteiger partial charge on any atom is 0.186 e.